The van der Waals surface area contributed by atoms with Gasteiger partial charge in [0.05, 0.1) is 42.0 Å². The molecule has 0 radical (unpaired) electrons. The molecule has 0 N–H and O–H groups in total. The molecule has 0 aromatic rings. The Balaban J connectivity index is 0.000000115. The summed E-state index contributed by atoms with van der Waals surface area (Å²) in [6.07, 6.45) is 2.48. The van der Waals surface area contributed by atoms with E-state index in [9.17, 15) is 106 Å². The quantitative estimate of drug-likeness (QED) is 0.0602. The summed E-state index contributed by atoms with van der Waals surface area (Å²) in [5, 5.41) is -3.36. The average molecular weight is 2220 g/mol. The zero-order chi connectivity index (χ0) is 109. The lowest BCUT2D eigenvalue weighted by atomic mass is 9.65. The van der Waals surface area contributed by atoms with Crippen LogP contribution in [0.2, 0.25) is 0 Å². The molecule has 8 aliphatic heterocycles. The first-order valence-corrected chi connectivity index (χ1v) is 61.5. The maximum Gasteiger partial charge on any atom is 0.333 e. The van der Waals surface area contributed by atoms with Crippen LogP contribution in [-0.2, 0) is 191 Å². The molecule has 0 spiro atoms. The van der Waals surface area contributed by atoms with Crippen molar-refractivity contribution in [2.24, 2.45) is 110 Å². The third-order valence-electron chi connectivity index (χ3n) is 38.1. The summed E-state index contributed by atoms with van der Waals surface area (Å²) in [5.41, 5.74) is -2.45. The van der Waals surface area contributed by atoms with Gasteiger partial charge in [0.2, 0.25) is 0 Å². The SMILES string of the molecule is C=C(C)C(=O)OC1(C)C2(C)CC3C(C2C)C1(C)OS3(=O)=O.C=C(C)C(=O)OC1(C)C2CC3C1OS(=O)(=O)C3C2.C=C(C)C(=O)OC1C2CC3C(C)(C2)C1OS3(=O)=O.C=C(C)C(=O)OC1C2CC3C(C2)S(=O)(=O)OC31C.C=C(C)C(=O)OC1C2CC3C1OS(=O)(=O)C3C2.C=C(C)C(=O)OC1C2CC3C1OS(=O)(=O)C3C2C.C=C(C)C(=O)OC1C2OS(=O)(=O)C3CC1(C)CC23.C=C(C)C(=O)OC1C2OS(=O)(=O)C3CC1C(C)(C)C23. The van der Waals surface area contributed by atoms with Gasteiger partial charge in [0, 0.05) is 138 Å². The summed E-state index contributed by atoms with van der Waals surface area (Å²) in [6.45, 7) is 62.0. The predicted molar refractivity (Wildman–Crippen MR) is 518 cm³/mol. The van der Waals surface area contributed by atoms with E-state index >= 15 is 0 Å². The third-order valence-corrected chi connectivity index (χ3v) is 52.6. The molecule has 16 bridgehead atoms. The summed E-state index contributed by atoms with van der Waals surface area (Å²) < 4.78 is 276. The molecule has 48 heteroatoms. The maximum absolute atomic E-state index is 12.3. The third kappa shape index (κ3) is 17.2. The van der Waals surface area contributed by atoms with E-state index in [1.807, 2.05) is 48.5 Å². The lowest BCUT2D eigenvalue weighted by molar-refractivity contribution is -0.199. The normalized spacial score (nSPS) is 47.4. The Hall–Kier alpha value is -7.04. The van der Waals surface area contributed by atoms with E-state index < -0.39 is 272 Å². The second-order valence-corrected chi connectivity index (χ2v) is 61.9. The highest BCUT2D eigenvalue weighted by Gasteiger charge is 2.85. The van der Waals surface area contributed by atoms with Gasteiger partial charge in [0.1, 0.15) is 95.7 Å². The van der Waals surface area contributed by atoms with E-state index in [0.717, 1.165) is 38.5 Å². The van der Waals surface area contributed by atoms with Gasteiger partial charge in [-0.2, -0.15) is 67.3 Å². The van der Waals surface area contributed by atoms with E-state index in [2.05, 4.69) is 52.6 Å². The molecule has 8 saturated heterocycles. The summed E-state index contributed by atoms with van der Waals surface area (Å²) in [4.78, 5) is 93.4. The Labute approximate surface area is 860 Å². The highest BCUT2D eigenvalue weighted by Crippen LogP contribution is 2.75. The first-order chi connectivity index (χ1) is 67.3. The second-order valence-electron chi connectivity index (χ2n) is 47.8. The van der Waals surface area contributed by atoms with Crippen LogP contribution in [0.15, 0.2) is 97.2 Å². The van der Waals surface area contributed by atoms with Crippen molar-refractivity contribution in [3.05, 3.63) is 97.2 Å². The van der Waals surface area contributed by atoms with E-state index in [4.69, 9.17) is 71.4 Å². The number of hydrogen-bond donors (Lipinski definition) is 0. The summed E-state index contributed by atoms with van der Waals surface area (Å²) in [7, 11) is -28.0. The number of carbonyl (C=O) groups is 8. The molecule has 24 fully saturated rings. The first kappa shape index (κ1) is 111. The van der Waals surface area contributed by atoms with Gasteiger partial charge in [-0.25, -0.2) is 38.4 Å². The minimum atomic E-state index is -3.60. The molecule has 24 rings (SSSR count). The number of esters is 8. The maximum atomic E-state index is 12.3. The topological polar surface area (TPSA) is 557 Å². The van der Waals surface area contributed by atoms with Gasteiger partial charge in [-0.3, -0.25) is 33.5 Å². The van der Waals surface area contributed by atoms with Crippen molar-refractivity contribution < 1.29 is 177 Å². The lowest BCUT2D eigenvalue weighted by Crippen LogP contribution is -2.60. The van der Waals surface area contributed by atoms with Crippen LogP contribution in [0.1, 0.15) is 215 Å². The fourth-order valence-corrected chi connectivity index (χ4v) is 47.1. The molecule has 42 unspecified atom stereocenters. The van der Waals surface area contributed by atoms with Crippen LogP contribution in [0.3, 0.4) is 0 Å². The van der Waals surface area contributed by atoms with Gasteiger partial charge in [-0.05, 0) is 184 Å². The Morgan fingerprint density at radius 2 is 0.782 bits per heavy atom. The van der Waals surface area contributed by atoms with Crippen molar-refractivity contribution in [2.45, 2.75) is 353 Å². The largest absolute Gasteiger partial charge is 0.456 e. The van der Waals surface area contributed by atoms with Gasteiger partial charge >= 0.3 is 47.8 Å². The monoisotopic (exact) mass is 2220 g/mol. The fraction of sp³-hybridized carbons (Fsp3) is 0.758. The molecule has 147 heavy (non-hydrogen) atoms. The number of rotatable bonds is 16. The van der Waals surface area contributed by atoms with Crippen LogP contribution >= 0.6 is 0 Å². The molecule has 8 heterocycles. The van der Waals surface area contributed by atoms with Crippen molar-refractivity contribution in [3.8, 4) is 0 Å². The molecule has 24 aliphatic rings. The van der Waals surface area contributed by atoms with Gasteiger partial charge in [-0.1, -0.05) is 101 Å². The summed E-state index contributed by atoms with van der Waals surface area (Å²) >= 11 is 0. The van der Waals surface area contributed by atoms with Crippen LogP contribution in [0.25, 0.3) is 0 Å². The highest BCUT2D eigenvalue weighted by atomic mass is 32.3. The van der Waals surface area contributed by atoms with Gasteiger partial charge < -0.3 is 37.9 Å². The smallest absolute Gasteiger partial charge is 0.333 e. The highest BCUT2D eigenvalue weighted by molar-refractivity contribution is 7.89. The molecule has 16 saturated carbocycles. The minimum Gasteiger partial charge on any atom is -0.456 e. The zero-order valence-electron chi connectivity index (χ0n) is 85.7. The predicted octanol–water partition coefficient (Wildman–Crippen LogP) is 8.75. The number of fused-ring (bicyclic) bond motifs is 8. The molecule has 16 aliphatic carbocycles. The Kier molecular flexibility index (Phi) is 27.2. The minimum absolute atomic E-state index is 0.00733. The molecule has 0 aromatic heterocycles. The average Bonchev–Trinajstić information content (AvgIpc) is 1.46. The summed E-state index contributed by atoms with van der Waals surface area (Å²) in [5.74, 6) is -3.55. The number of carbonyl (C=O) groups excluding carboxylic acids is 8. The van der Waals surface area contributed by atoms with E-state index in [0.29, 0.717) is 89.5 Å². The molecule has 818 valence electrons. The van der Waals surface area contributed by atoms with E-state index in [1.165, 1.54) is 0 Å². The number of ether oxygens (including phenoxy) is 8. The van der Waals surface area contributed by atoms with E-state index in [1.54, 1.807) is 83.1 Å². The van der Waals surface area contributed by atoms with Crippen LogP contribution in [0.5, 0.6) is 0 Å². The van der Waals surface area contributed by atoms with Crippen LogP contribution in [0, 0.1) is 110 Å². The Morgan fingerprint density at radius 3 is 1.35 bits per heavy atom. The van der Waals surface area contributed by atoms with Gasteiger partial charge in [-0.15, -0.1) is 0 Å². The van der Waals surface area contributed by atoms with Crippen molar-refractivity contribution >= 4 is 129 Å². The van der Waals surface area contributed by atoms with E-state index in [-0.39, 0.29) is 105 Å². The van der Waals surface area contributed by atoms with Gasteiger partial charge in [0.15, 0.2) is 0 Å². The second kappa shape index (κ2) is 36.0. The van der Waals surface area contributed by atoms with Crippen molar-refractivity contribution in [1.29, 1.82) is 0 Å². The van der Waals surface area contributed by atoms with Crippen LogP contribution < -0.4 is 0 Å². The molecule has 0 amide bonds. The molecule has 0 aromatic carbocycles. The Bertz CT molecular complexity index is 6660. The fourth-order valence-electron chi connectivity index (χ4n) is 30.8. The molecular formula is C99H134O40S8. The molecular weight excluding hydrogens is 2090 g/mol. The van der Waals surface area contributed by atoms with Crippen molar-refractivity contribution in [3.63, 3.8) is 0 Å². The van der Waals surface area contributed by atoms with Gasteiger partial charge in [0.25, 0.3) is 80.9 Å². The molecule has 42 atom stereocenters. The summed E-state index contributed by atoms with van der Waals surface area (Å²) in [6, 6.07) is 0. The number of hydrogen-bond acceptors (Lipinski definition) is 40. The lowest BCUT2D eigenvalue weighted by Gasteiger charge is -2.48. The van der Waals surface area contributed by atoms with Crippen molar-refractivity contribution in [2.75, 3.05) is 0 Å². The van der Waals surface area contributed by atoms with Crippen LogP contribution in [-0.4, -0.2) is 253 Å². The molecule has 40 nitrogen and oxygen atoms in total. The van der Waals surface area contributed by atoms with Crippen molar-refractivity contribution in [1.82, 2.24) is 0 Å². The first-order valence-electron chi connectivity index (χ1n) is 49.7. The Morgan fingerprint density at radius 1 is 0.320 bits per heavy atom. The van der Waals surface area contributed by atoms with Crippen LogP contribution in [0.4, 0.5) is 0 Å². The standard InChI is InChI=1S/C15H22O5S.C13H18O5S.5C12H16O5S.C11H14O5S/c1-8(2)12(16)19-15(6)13(4)7-10-11(9(13)3)14(15,5)20-21(10,17)18;1-6(2)12(14)17-10-7-5-8-9(13(7,3)4)11(10)18-19(8,15)16;1-6(2)11(13)16-10-9-7-4-12(10,3)5-8(7)18(14,15)17-9;1-6(2)11(13)16-9-7-4-8-12(3,5-7)10(9)17-18(8,14)15;1-6(2)11(13)16-12(3)7-4-8-9(5-7)18(14,15)17-10(8)12;1-6(2)11(13)16-10-7-4-8-9(5-7)18(14,15)17-12(8,10)3;1-5(2)12(13)16-9-7-4-8-10(9)17-18(14,15)11(8)6(7)3;1-5(2)11(12)15-9-6-3-7-8(4-6)17(13,14)16-10(7)9/h9-11H,1,7H2,2-6H3;7-11H,1,5H2,2-4H3;4*7-10H,1,4-5H2,2-3H3;6-11H,1,4H2,2-3H3;6-10H,1,3-4H2,2H3. The zero-order valence-corrected chi connectivity index (χ0v) is 92.2.